The van der Waals surface area contributed by atoms with Gasteiger partial charge in [-0.1, -0.05) is 12.1 Å². The highest BCUT2D eigenvalue weighted by atomic mass is 16.1. The van der Waals surface area contributed by atoms with Gasteiger partial charge in [0, 0.05) is 36.9 Å². The number of benzene rings is 1. The summed E-state index contributed by atoms with van der Waals surface area (Å²) < 4.78 is 1.79. The normalized spacial score (nSPS) is 10.3. The van der Waals surface area contributed by atoms with Gasteiger partial charge in [-0.15, -0.1) is 0 Å². The van der Waals surface area contributed by atoms with Crippen LogP contribution in [0.1, 0.15) is 15.9 Å². The molecule has 1 amide bonds. The van der Waals surface area contributed by atoms with E-state index in [1.807, 2.05) is 36.5 Å². The Balaban J connectivity index is 1.62. The maximum Gasteiger partial charge on any atom is 0.251 e. The molecule has 0 atom stereocenters. The summed E-state index contributed by atoms with van der Waals surface area (Å²) in [5.74, 6) is -0.103. The van der Waals surface area contributed by atoms with Crippen molar-refractivity contribution in [2.45, 2.75) is 6.54 Å². The fraction of sp³-hybridized carbons (Fsp3) is 0.0625. The smallest absolute Gasteiger partial charge is 0.251 e. The van der Waals surface area contributed by atoms with E-state index in [0.29, 0.717) is 12.1 Å². The number of pyridine rings is 1. The summed E-state index contributed by atoms with van der Waals surface area (Å²) in [7, 11) is 0. The van der Waals surface area contributed by atoms with Gasteiger partial charge in [0.25, 0.3) is 5.91 Å². The zero-order chi connectivity index (χ0) is 14.5. The van der Waals surface area contributed by atoms with Gasteiger partial charge in [0.1, 0.15) is 0 Å². The lowest BCUT2D eigenvalue weighted by molar-refractivity contribution is 0.0951. The average molecular weight is 278 g/mol. The molecule has 0 bridgehead atoms. The second-order valence-corrected chi connectivity index (χ2v) is 4.54. The number of aromatic nitrogens is 3. The van der Waals surface area contributed by atoms with Gasteiger partial charge >= 0.3 is 0 Å². The molecule has 3 aromatic rings. The van der Waals surface area contributed by atoms with Crippen LogP contribution in [0.5, 0.6) is 0 Å². The summed E-state index contributed by atoms with van der Waals surface area (Å²) in [5.41, 5.74) is 2.63. The molecule has 0 unspecified atom stereocenters. The lowest BCUT2D eigenvalue weighted by atomic mass is 10.2. The molecule has 2 aromatic heterocycles. The van der Waals surface area contributed by atoms with Crippen molar-refractivity contribution in [2.75, 3.05) is 0 Å². The highest BCUT2D eigenvalue weighted by Crippen LogP contribution is 2.08. The van der Waals surface area contributed by atoms with Gasteiger partial charge in [0.05, 0.1) is 5.69 Å². The van der Waals surface area contributed by atoms with Crippen LogP contribution in [0.4, 0.5) is 0 Å². The van der Waals surface area contributed by atoms with Crippen molar-refractivity contribution < 1.29 is 4.79 Å². The highest BCUT2D eigenvalue weighted by molar-refractivity contribution is 5.93. The van der Waals surface area contributed by atoms with Crippen molar-refractivity contribution in [3.63, 3.8) is 0 Å². The minimum absolute atomic E-state index is 0.103. The van der Waals surface area contributed by atoms with Crippen LogP contribution in [0.2, 0.25) is 0 Å². The lowest BCUT2D eigenvalue weighted by Gasteiger charge is -2.06. The van der Waals surface area contributed by atoms with Gasteiger partial charge < -0.3 is 5.32 Å². The predicted octanol–water partition coefficient (Wildman–Crippen LogP) is 2.20. The molecule has 5 nitrogen and oxygen atoms in total. The van der Waals surface area contributed by atoms with Crippen LogP contribution < -0.4 is 5.32 Å². The van der Waals surface area contributed by atoms with E-state index < -0.39 is 0 Å². The van der Waals surface area contributed by atoms with Crippen LogP contribution in [0.3, 0.4) is 0 Å². The van der Waals surface area contributed by atoms with E-state index in [9.17, 15) is 4.79 Å². The molecule has 0 aliphatic rings. The van der Waals surface area contributed by atoms with Crippen molar-refractivity contribution in [3.8, 4) is 5.69 Å². The van der Waals surface area contributed by atoms with Gasteiger partial charge in [-0.05, 0) is 35.9 Å². The van der Waals surface area contributed by atoms with E-state index in [2.05, 4.69) is 15.4 Å². The molecule has 0 saturated heterocycles. The topological polar surface area (TPSA) is 59.8 Å². The Morgan fingerprint density at radius 2 is 1.81 bits per heavy atom. The van der Waals surface area contributed by atoms with E-state index >= 15 is 0 Å². The fourth-order valence-electron chi connectivity index (χ4n) is 1.98. The molecule has 2 heterocycles. The summed E-state index contributed by atoms with van der Waals surface area (Å²) in [6.45, 7) is 0.487. The summed E-state index contributed by atoms with van der Waals surface area (Å²) in [5, 5.41) is 7.05. The minimum Gasteiger partial charge on any atom is -0.348 e. The summed E-state index contributed by atoms with van der Waals surface area (Å²) in [6.07, 6.45) is 6.84. The van der Waals surface area contributed by atoms with Crippen LogP contribution in [-0.2, 0) is 6.54 Å². The molecule has 0 saturated carbocycles. The number of carbonyl (C=O) groups excluding carboxylic acids is 1. The molecule has 21 heavy (non-hydrogen) atoms. The first-order valence-corrected chi connectivity index (χ1v) is 6.60. The molecule has 3 rings (SSSR count). The molecule has 1 N–H and O–H groups in total. The third-order valence-corrected chi connectivity index (χ3v) is 3.10. The second kappa shape index (κ2) is 6.00. The predicted molar refractivity (Wildman–Crippen MR) is 79.0 cm³/mol. The quantitative estimate of drug-likeness (QED) is 0.796. The number of rotatable bonds is 4. The molecule has 0 aliphatic heterocycles. The monoisotopic (exact) mass is 278 g/mol. The number of nitrogens with zero attached hydrogens (tertiary/aromatic N) is 3. The Bertz CT molecular complexity index is 706. The second-order valence-electron chi connectivity index (χ2n) is 4.54. The van der Waals surface area contributed by atoms with Gasteiger partial charge in [0.2, 0.25) is 0 Å². The first kappa shape index (κ1) is 13.1. The van der Waals surface area contributed by atoms with Gasteiger partial charge in [-0.25, -0.2) is 4.68 Å². The number of hydrogen-bond donors (Lipinski definition) is 1. The molecular formula is C16H14N4O. The van der Waals surface area contributed by atoms with E-state index in [1.54, 1.807) is 35.4 Å². The maximum absolute atomic E-state index is 11.9. The van der Waals surface area contributed by atoms with Gasteiger partial charge in [0.15, 0.2) is 0 Å². The molecule has 0 fully saturated rings. The maximum atomic E-state index is 11.9. The summed E-state index contributed by atoms with van der Waals surface area (Å²) in [6, 6.07) is 13.2. The van der Waals surface area contributed by atoms with Crippen molar-refractivity contribution in [3.05, 3.63) is 78.4 Å². The molecule has 0 aliphatic carbocycles. The lowest BCUT2D eigenvalue weighted by Crippen LogP contribution is -2.22. The van der Waals surface area contributed by atoms with Crippen LogP contribution in [0.15, 0.2) is 67.3 Å². The summed E-state index contributed by atoms with van der Waals surface area (Å²) in [4.78, 5) is 15.8. The Kier molecular flexibility index (Phi) is 3.73. The Morgan fingerprint density at radius 3 is 2.48 bits per heavy atom. The number of nitrogens with one attached hydrogen (secondary N) is 1. The fourth-order valence-corrected chi connectivity index (χ4v) is 1.98. The molecular weight excluding hydrogens is 264 g/mol. The third kappa shape index (κ3) is 3.14. The largest absolute Gasteiger partial charge is 0.348 e. The Hall–Kier alpha value is -2.95. The molecule has 0 radical (unpaired) electrons. The minimum atomic E-state index is -0.103. The Morgan fingerprint density at radius 1 is 1.05 bits per heavy atom. The van der Waals surface area contributed by atoms with Crippen molar-refractivity contribution in [1.29, 1.82) is 0 Å². The van der Waals surface area contributed by atoms with Crippen molar-refractivity contribution in [2.24, 2.45) is 0 Å². The highest BCUT2D eigenvalue weighted by Gasteiger charge is 2.04. The third-order valence-electron chi connectivity index (χ3n) is 3.10. The van der Waals surface area contributed by atoms with Crippen LogP contribution in [0.25, 0.3) is 5.69 Å². The molecule has 104 valence electrons. The van der Waals surface area contributed by atoms with Crippen LogP contribution >= 0.6 is 0 Å². The molecule has 0 spiro atoms. The van der Waals surface area contributed by atoms with E-state index in [-0.39, 0.29) is 5.91 Å². The average Bonchev–Trinajstić information content (AvgIpc) is 3.08. The van der Waals surface area contributed by atoms with Crippen LogP contribution in [0, 0.1) is 0 Å². The van der Waals surface area contributed by atoms with Crippen molar-refractivity contribution in [1.82, 2.24) is 20.1 Å². The number of carbonyl (C=O) groups is 1. The number of amides is 1. The first-order chi connectivity index (χ1) is 10.3. The van der Waals surface area contributed by atoms with Crippen LogP contribution in [-0.4, -0.2) is 20.7 Å². The Labute approximate surface area is 122 Å². The van der Waals surface area contributed by atoms with E-state index in [4.69, 9.17) is 0 Å². The first-order valence-electron chi connectivity index (χ1n) is 6.60. The molecule has 5 heteroatoms. The molecule has 1 aromatic carbocycles. The van der Waals surface area contributed by atoms with E-state index in [0.717, 1.165) is 11.3 Å². The number of hydrogen-bond acceptors (Lipinski definition) is 3. The summed E-state index contributed by atoms with van der Waals surface area (Å²) >= 11 is 0. The zero-order valence-electron chi connectivity index (χ0n) is 11.3. The zero-order valence-corrected chi connectivity index (χ0v) is 11.3. The van der Waals surface area contributed by atoms with Crippen molar-refractivity contribution >= 4 is 5.91 Å². The van der Waals surface area contributed by atoms with Gasteiger partial charge in [-0.3, -0.25) is 9.78 Å². The van der Waals surface area contributed by atoms with E-state index in [1.165, 1.54) is 0 Å². The SMILES string of the molecule is O=C(NCc1ccc(-n2cccn2)cc1)c1ccncc1. The standard InChI is InChI=1S/C16H14N4O/c21-16(14-6-9-17-10-7-14)18-12-13-2-4-15(5-3-13)20-11-1-8-19-20/h1-11H,12H2,(H,18,21). The van der Waals surface area contributed by atoms with Gasteiger partial charge in [-0.2, -0.15) is 5.10 Å².